The standard InChI is InChI=1S/C15H18ClFN4/c1-15(2,3)11-8-13(21-18)20-12(19-11)7-9-5-4-6-10(16)14(9)17/h4-6,8H,7,18H2,1-3H3,(H,19,20,21). The summed E-state index contributed by atoms with van der Waals surface area (Å²) in [6, 6.07) is 6.68. The average Bonchev–Trinajstić information content (AvgIpc) is 2.42. The number of aromatic nitrogens is 2. The lowest BCUT2D eigenvalue weighted by atomic mass is 9.92. The normalized spacial score (nSPS) is 11.5. The van der Waals surface area contributed by atoms with Crippen LogP contribution < -0.4 is 11.3 Å². The van der Waals surface area contributed by atoms with Crippen LogP contribution in [-0.2, 0) is 11.8 Å². The number of benzene rings is 1. The van der Waals surface area contributed by atoms with Gasteiger partial charge < -0.3 is 5.43 Å². The Labute approximate surface area is 128 Å². The molecule has 0 saturated carbocycles. The minimum absolute atomic E-state index is 0.0941. The maximum atomic E-state index is 14.0. The lowest BCUT2D eigenvalue weighted by molar-refractivity contribution is 0.562. The van der Waals surface area contributed by atoms with Crippen LogP contribution >= 0.6 is 11.6 Å². The third-order valence-corrected chi connectivity index (χ3v) is 3.36. The van der Waals surface area contributed by atoms with Crippen LogP contribution in [0.3, 0.4) is 0 Å². The summed E-state index contributed by atoms with van der Waals surface area (Å²) in [5.74, 6) is 6.01. The Morgan fingerprint density at radius 1 is 1.29 bits per heavy atom. The molecule has 0 radical (unpaired) electrons. The van der Waals surface area contributed by atoms with E-state index in [1.165, 1.54) is 6.07 Å². The lowest BCUT2D eigenvalue weighted by Gasteiger charge is -2.19. The number of rotatable bonds is 3. The molecule has 112 valence electrons. The van der Waals surface area contributed by atoms with Gasteiger partial charge in [-0.25, -0.2) is 20.2 Å². The Morgan fingerprint density at radius 2 is 2.00 bits per heavy atom. The second-order valence-electron chi connectivity index (χ2n) is 5.84. The first-order chi connectivity index (χ1) is 9.81. The van der Waals surface area contributed by atoms with Crippen LogP contribution in [0, 0.1) is 5.82 Å². The van der Waals surface area contributed by atoms with Crippen molar-refractivity contribution in [2.75, 3.05) is 5.43 Å². The molecular weight excluding hydrogens is 291 g/mol. The highest BCUT2D eigenvalue weighted by molar-refractivity contribution is 6.30. The van der Waals surface area contributed by atoms with Gasteiger partial charge >= 0.3 is 0 Å². The lowest BCUT2D eigenvalue weighted by Crippen LogP contribution is -2.18. The average molecular weight is 309 g/mol. The molecule has 0 aliphatic carbocycles. The van der Waals surface area contributed by atoms with E-state index in [0.29, 0.717) is 17.2 Å². The van der Waals surface area contributed by atoms with Gasteiger partial charge in [0.1, 0.15) is 17.5 Å². The van der Waals surface area contributed by atoms with Crippen molar-refractivity contribution in [2.45, 2.75) is 32.6 Å². The van der Waals surface area contributed by atoms with E-state index in [1.807, 2.05) is 20.8 Å². The first kappa shape index (κ1) is 15.7. The number of halogens is 2. The molecule has 1 aromatic carbocycles. The van der Waals surface area contributed by atoms with Gasteiger partial charge in [-0.3, -0.25) is 0 Å². The zero-order valence-corrected chi connectivity index (χ0v) is 13.0. The first-order valence-electron chi connectivity index (χ1n) is 6.59. The molecule has 21 heavy (non-hydrogen) atoms. The summed E-state index contributed by atoms with van der Waals surface area (Å²) in [5.41, 5.74) is 3.66. The molecule has 0 atom stereocenters. The first-order valence-corrected chi connectivity index (χ1v) is 6.97. The highest BCUT2D eigenvalue weighted by atomic mass is 35.5. The minimum atomic E-state index is -0.439. The molecule has 6 heteroatoms. The Bertz CT molecular complexity index is 653. The number of nitrogen functional groups attached to an aromatic ring is 1. The van der Waals surface area contributed by atoms with Gasteiger partial charge in [-0.05, 0) is 11.6 Å². The Hall–Kier alpha value is -1.72. The van der Waals surface area contributed by atoms with Crippen molar-refractivity contribution in [3.8, 4) is 0 Å². The third-order valence-electron chi connectivity index (χ3n) is 3.07. The van der Waals surface area contributed by atoms with Crippen LogP contribution in [0.4, 0.5) is 10.2 Å². The van der Waals surface area contributed by atoms with Gasteiger partial charge in [0.25, 0.3) is 0 Å². The van der Waals surface area contributed by atoms with Crippen molar-refractivity contribution in [1.29, 1.82) is 0 Å². The minimum Gasteiger partial charge on any atom is -0.308 e. The topological polar surface area (TPSA) is 63.8 Å². The van der Waals surface area contributed by atoms with Crippen molar-refractivity contribution in [3.05, 3.63) is 52.2 Å². The van der Waals surface area contributed by atoms with E-state index < -0.39 is 5.82 Å². The number of hydrogen-bond acceptors (Lipinski definition) is 4. The fourth-order valence-corrected chi connectivity index (χ4v) is 2.08. The Kier molecular flexibility index (Phi) is 4.44. The predicted octanol–water partition coefficient (Wildman–Crippen LogP) is 3.44. The van der Waals surface area contributed by atoms with Crippen molar-refractivity contribution >= 4 is 17.4 Å². The summed E-state index contributed by atoms with van der Waals surface area (Å²) in [6.07, 6.45) is 0.255. The van der Waals surface area contributed by atoms with E-state index in [4.69, 9.17) is 17.4 Å². The SMILES string of the molecule is CC(C)(C)c1cc(NN)nc(Cc2cccc(Cl)c2F)n1. The van der Waals surface area contributed by atoms with E-state index in [1.54, 1.807) is 18.2 Å². The summed E-state index contributed by atoms with van der Waals surface area (Å²) in [4.78, 5) is 8.78. The highest BCUT2D eigenvalue weighted by Crippen LogP contribution is 2.24. The van der Waals surface area contributed by atoms with Crippen LogP contribution in [0.25, 0.3) is 0 Å². The largest absolute Gasteiger partial charge is 0.308 e. The summed E-state index contributed by atoms with van der Waals surface area (Å²) in [7, 11) is 0. The molecule has 0 aliphatic rings. The van der Waals surface area contributed by atoms with Crippen LogP contribution in [0.2, 0.25) is 5.02 Å². The van der Waals surface area contributed by atoms with Gasteiger partial charge in [0.2, 0.25) is 0 Å². The molecule has 1 heterocycles. The van der Waals surface area contributed by atoms with E-state index in [9.17, 15) is 4.39 Å². The van der Waals surface area contributed by atoms with Gasteiger partial charge in [-0.1, -0.05) is 44.5 Å². The molecule has 4 nitrogen and oxygen atoms in total. The number of nitrogens with two attached hydrogens (primary N) is 1. The smallest absolute Gasteiger partial charge is 0.145 e. The van der Waals surface area contributed by atoms with Crippen LogP contribution in [0.15, 0.2) is 24.3 Å². The molecule has 0 bridgehead atoms. The number of nitrogens with one attached hydrogen (secondary N) is 1. The molecular formula is C15H18ClFN4. The fourth-order valence-electron chi connectivity index (χ4n) is 1.89. The van der Waals surface area contributed by atoms with Crippen LogP contribution in [0.5, 0.6) is 0 Å². The van der Waals surface area contributed by atoms with Gasteiger partial charge in [-0.2, -0.15) is 0 Å². The molecule has 1 aromatic heterocycles. The second-order valence-corrected chi connectivity index (χ2v) is 6.25. The van der Waals surface area contributed by atoms with Gasteiger partial charge in [0.15, 0.2) is 0 Å². The molecule has 3 N–H and O–H groups in total. The van der Waals surface area contributed by atoms with E-state index in [2.05, 4.69) is 15.4 Å². The van der Waals surface area contributed by atoms with Crippen LogP contribution in [0.1, 0.15) is 37.9 Å². The monoisotopic (exact) mass is 308 g/mol. The van der Waals surface area contributed by atoms with E-state index in [0.717, 1.165) is 5.69 Å². The predicted molar refractivity (Wildman–Crippen MR) is 82.8 cm³/mol. The molecule has 0 amide bonds. The summed E-state index contributed by atoms with van der Waals surface area (Å²) >= 11 is 5.79. The molecule has 0 fully saturated rings. The van der Waals surface area contributed by atoms with Gasteiger partial charge in [0.05, 0.1) is 10.7 Å². The second kappa shape index (κ2) is 5.95. The molecule has 2 aromatic rings. The van der Waals surface area contributed by atoms with Gasteiger partial charge in [-0.15, -0.1) is 0 Å². The quantitative estimate of drug-likeness (QED) is 0.673. The van der Waals surface area contributed by atoms with Gasteiger partial charge in [0, 0.05) is 17.9 Å². The third kappa shape index (κ3) is 3.68. The molecule has 0 saturated heterocycles. The zero-order chi connectivity index (χ0) is 15.6. The summed E-state index contributed by atoms with van der Waals surface area (Å²) in [6.45, 7) is 6.12. The number of nitrogens with zero attached hydrogens (tertiary/aromatic N) is 2. The van der Waals surface area contributed by atoms with Crippen molar-refractivity contribution in [3.63, 3.8) is 0 Å². The molecule has 0 spiro atoms. The van der Waals surface area contributed by atoms with E-state index in [-0.39, 0.29) is 16.9 Å². The molecule has 0 aliphatic heterocycles. The fraction of sp³-hybridized carbons (Fsp3) is 0.333. The molecule has 2 rings (SSSR count). The van der Waals surface area contributed by atoms with E-state index >= 15 is 0 Å². The summed E-state index contributed by atoms with van der Waals surface area (Å²) < 4.78 is 14.0. The maximum absolute atomic E-state index is 14.0. The van der Waals surface area contributed by atoms with Crippen molar-refractivity contribution in [2.24, 2.45) is 5.84 Å². The van der Waals surface area contributed by atoms with Crippen molar-refractivity contribution in [1.82, 2.24) is 9.97 Å². The zero-order valence-electron chi connectivity index (χ0n) is 12.2. The number of anilines is 1. The van der Waals surface area contributed by atoms with Crippen molar-refractivity contribution < 1.29 is 4.39 Å². The Morgan fingerprint density at radius 3 is 2.62 bits per heavy atom. The highest BCUT2D eigenvalue weighted by Gasteiger charge is 2.18. The number of hydrazine groups is 1. The summed E-state index contributed by atoms with van der Waals surface area (Å²) in [5, 5.41) is 0.0941. The van der Waals surface area contributed by atoms with Crippen LogP contribution in [-0.4, -0.2) is 9.97 Å². The maximum Gasteiger partial charge on any atom is 0.145 e. The number of hydrogen-bond donors (Lipinski definition) is 2. The molecule has 0 unspecified atom stereocenters. The Balaban J connectivity index is 2.42.